The highest BCUT2D eigenvalue weighted by Gasteiger charge is 2.30. The summed E-state index contributed by atoms with van der Waals surface area (Å²) in [5.74, 6) is 0. The van der Waals surface area contributed by atoms with Gasteiger partial charge in [0.2, 0.25) is 0 Å². The third-order valence-electron chi connectivity index (χ3n) is 2.32. The highest BCUT2D eigenvalue weighted by molar-refractivity contribution is 5.73. The minimum atomic E-state index is -0.147. The highest BCUT2D eigenvalue weighted by atomic mass is 16.5. The van der Waals surface area contributed by atoms with Crippen LogP contribution in [0.15, 0.2) is 0 Å². The third-order valence-corrected chi connectivity index (χ3v) is 2.32. The largest absolute Gasteiger partial charge is 0.373 e. The first kappa shape index (κ1) is 10.3. The molecule has 4 heteroatoms. The molecule has 0 aromatic heterocycles. The summed E-state index contributed by atoms with van der Waals surface area (Å²) >= 11 is 0. The average molecular weight is 186 g/mol. The number of hydrogen-bond donors (Lipinski definition) is 1. The van der Waals surface area contributed by atoms with Gasteiger partial charge in [0.25, 0.3) is 0 Å². The molecule has 1 unspecified atom stereocenters. The van der Waals surface area contributed by atoms with Gasteiger partial charge >= 0.3 is 6.03 Å². The van der Waals surface area contributed by atoms with Crippen molar-refractivity contribution < 1.29 is 9.53 Å². The summed E-state index contributed by atoms with van der Waals surface area (Å²) in [5.41, 5.74) is -0.147. The van der Waals surface area contributed by atoms with Crippen molar-refractivity contribution in [3.05, 3.63) is 0 Å². The Labute approximate surface area is 79.2 Å². The first-order valence-electron chi connectivity index (χ1n) is 4.63. The number of ether oxygens (including phenoxy) is 1. The molecule has 0 aliphatic carbocycles. The van der Waals surface area contributed by atoms with Gasteiger partial charge in [-0.2, -0.15) is 0 Å². The Morgan fingerprint density at radius 1 is 1.62 bits per heavy atom. The smallest absolute Gasteiger partial charge is 0.316 e. The molecular weight excluding hydrogens is 168 g/mol. The van der Waals surface area contributed by atoms with Gasteiger partial charge in [-0.1, -0.05) is 0 Å². The summed E-state index contributed by atoms with van der Waals surface area (Å²) in [6, 6.07) is -0.0586. The number of carbonyl (C=O) groups excluding carboxylic acids is 1. The lowest BCUT2D eigenvalue weighted by Crippen LogP contribution is -2.44. The lowest BCUT2D eigenvalue weighted by Gasteiger charge is -2.24. The van der Waals surface area contributed by atoms with Crippen LogP contribution in [0.4, 0.5) is 4.79 Å². The Balaban J connectivity index is 2.29. The van der Waals surface area contributed by atoms with E-state index in [4.69, 9.17) is 4.74 Å². The van der Waals surface area contributed by atoms with E-state index in [-0.39, 0.29) is 11.6 Å². The molecule has 0 bridgehead atoms. The molecule has 0 radical (unpaired) electrons. The molecule has 0 aromatic carbocycles. The number of nitrogens with one attached hydrogen (secondary N) is 1. The Hall–Kier alpha value is -0.770. The van der Waals surface area contributed by atoms with E-state index in [0.29, 0.717) is 6.54 Å². The van der Waals surface area contributed by atoms with Gasteiger partial charge in [0, 0.05) is 27.2 Å². The molecule has 0 aromatic rings. The Bertz CT molecular complexity index is 186. The first-order valence-corrected chi connectivity index (χ1v) is 4.63. The average Bonchev–Trinajstić information content (AvgIpc) is 2.48. The number of nitrogens with zero attached hydrogens (tertiary/aromatic N) is 1. The molecular formula is C9H18N2O2. The molecule has 1 saturated heterocycles. The standard InChI is InChI=1S/C9H18N2O2/c1-9(5-4-6-13-9)7-10-8(12)11(2)3/h4-7H2,1-3H3,(H,10,12). The molecule has 1 atom stereocenters. The predicted octanol–water partition coefficient (Wildman–Crippen LogP) is 0.827. The summed E-state index contributed by atoms with van der Waals surface area (Å²) in [4.78, 5) is 12.7. The van der Waals surface area contributed by atoms with E-state index in [9.17, 15) is 4.79 Å². The summed E-state index contributed by atoms with van der Waals surface area (Å²) in [6.45, 7) is 3.45. The summed E-state index contributed by atoms with van der Waals surface area (Å²) in [5, 5.41) is 2.83. The van der Waals surface area contributed by atoms with E-state index in [2.05, 4.69) is 5.32 Å². The molecule has 13 heavy (non-hydrogen) atoms. The second kappa shape index (κ2) is 3.96. The zero-order valence-electron chi connectivity index (χ0n) is 8.59. The van der Waals surface area contributed by atoms with Gasteiger partial charge in [0.1, 0.15) is 0 Å². The predicted molar refractivity (Wildman–Crippen MR) is 50.7 cm³/mol. The summed E-state index contributed by atoms with van der Waals surface area (Å²) < 4.78 is 5.54. The molecule has 1 fully saturated rings. The maximum Gasteiger partial charge on any atom is 0.316 e. The maximum atomic E-state index is 11.2. The Morgan fingerprint density at radius 3 is 2.77 bits per heavy atom. The van der Waals surface area contributed by atoms with Crippen molar-refractivity contribution in [2.45, 2.75) is 25.4 Å². The van der Waals surface area contributed by atoms with Crippen LogP contribution in [0.2, 0.25) is 0 Å². The van der Waals surface area contributed by atoms with E-state index in [1.165, 1.54) is 4.90 Å². The van der Waals surface area contributed by atoms with Crippen LogP contribution in [0.25, 0.3) is 0 Å². The molecule has 1 aliphatic rings. The number of urea groups is 1. The van der Waals surface area contributed by atoms with E-state index < -0.39 is 0 Å². The van der Waals surface area contributed by atoms with Gasteiger partial charge in [-0.25, -0.2) is 4.79 Å². The normalized spacial score (nSPS) is 27.3. The van der Waals surface area contributed by atoms with Crippen LogP contribution in [-0.4, -0.2) is 43.8 Å². The number of hydrogen-bond acceptors (Lipinski definition) is 2. The Morgan fingerprint density at radius 2 is 2.31 bits per heavy atom. The first-order chi connectivity index (χ1) is 6.03. The van der Waals surface area contributed by atoms with Crippen LogP contribution in [0.3, 0.4) is 0 Å². The molecule has 4 nitrogen and oxygen atoms in total. The van der Waals surface area contributed by atoms with Crippen molar-refractivity contribution >= 4 is 6.03 Å². The van der Waals surface area contributed by atoms with Gasteiger partial charge in [-0.05, 0) is 19.8 Å². The molecule has 0 spiro atoms. The van der Waals surface area contributed by atoms with E-state index in [0.717, 1.165) is 19.4 Å². The van der Waals surface area contributed by atoms with Crippen molar-refractivity contribution in [3.8, 4) is 0 Å². The minimum absolute atomic E-state index is 0.0586. The summed E-state index contributed by atoms with van der Waals surface area (Å²) in [6.07, 6.45) is 2.12. The topological polar surface area (TPSA) is 41.6 Å². The van der Waals surface area contributed by atoms with Gasteiger partial charge in [0.15, 0.2) is 0 Å². The molecule has 0 saturated carbocycles. The molecule has 2 amide bonds. The van der Waals surface area contributed by atoms with Gasteiger partial charge in [-0.3, -0.25) is 0 Å². The molecule has 1 N–H and O–H groups in total. The van der Waals surface area contributed by atoms with Gasteiger partial charge in [0.05, 0.1) is 5.60 Å². The second-order valence-corrected chi connectivity index (χ2v) is 3.96. The fourth-order valence-corrected chi connectivity index (χ4v) is 1.40. The van der Waals surface area contributed by atoms with E-state index in [1.54, 1.807) is 14.1 Å². The van der Waals surface area contributed by atoms with Crippen LogP contribution in [0.5, 0.6) is 0 Å². The quantitative estimate of drug-likeness (QED) is 0.694. The van der Waals surface area contributed by atoms with Gasteiger partial charge in [-0.15, -0.1) is 0 Å². The van der Waals surface area contributed by atoms with Crippen molar-refractivity contribution in [1.82, 2.24) is 10.2 Å². The summed E-state index contributed by atoms with van der Waals surface area (Å²) in [7, 11) is 3.46. The molecule has 1 heterocycles. The fraction of sp³-hybridized carbons (Fsp3) is 0.889. The van der Waals surface area contributed by atoms with Crippen LogP contribution >= 0.6 is 0 Å². The lowest BCUT2D eigenvalue weighted by atomic mass is 10.0. The fourth-order valence-electron chi connectivity index (χ4n) is 1.40. The van der Waals surface area contributed by atoms with Crippen LogP contribution in [-0.2, 0) is 4.74 Å². The van der Waals surface area contributed by atoms with Gasteiger partial charge < -0.3 is 15.0 Å². The maximum absolute atomic E-state index is 11.2. The van der Waals surface area contributed by atoms with Crippen LogP contribution < -0.4 is 5.32 Å². The SMILES string of the molecule is CN(C)C(=O)NCC1(C)CCCO1. The lowest BCUT2D eigenvalue weighted by molar-refractivity contribution is 0.0223. The molecule has 76 valence electrons. The van der Waals surface area contributed by atoms with Crippen LogP contribution in [0.1, 0.15) is 19.8 Å². The van der Waals surface area contributed by atoms with Crippen molar-refractivity contribution in [3.63, 3.8) is 0 Å². The van der Waals surface area contributed by atoms with Crippen molar-refractivity contribution in [2.75, 3.05) is 27.2 Å². The number of carbonyl (C=O) groups is 1. The zero-order chi connectivity index (χ0) is 9.90. The Kier molecular flexibility index (Phi) is 3.14. The monoisotopic (exact) mass is 186 g/mol. The van der Waals surface area contributed by atoms with Crippen molar-refractivity contribution in [1.29, 1.82) is 0 Å². The number of rotatable bonds is 2. The van der Waals surface area contributed by atoms with E-state index in [1.807, 2.05) is 6.92 Å². The van der Waals surface area contributed by atoms with E-state index >= 15 is 0 Å². The minimum Gasteiger partial charge on any atom is -0.373 e. The highest BCUT2D eigenvalue weighted by Crippen LogP contribution is 2.23. The zero-order valence-corrected chi connectivity index (χ0v) is 8.59. The van der Waals surface area contributed by atoms with Crippen LogP contribution in [0, 0.1) is 0 Å². The molecule has 1 rings (SSSR count). The second-order valence-electron chi connectivity index (χ2n) is 3.96. The third kappa shape index (κ3) is 2.88. The molecule has 1 aliphatic heterocycles. The number of amides is 2. The van der Waals surface area contributed by atoms with Crippen molar-refractivity contribution in [2.24, 2.45) is 0 Å².